The van der Waals surface area contributed by atoms with Crippen molar-refractivity contribution in [1.29, 1.82) is 0 Å². The molecule has 0 fully saturated rings. The molecule has 0 bridgehead atoms. The summed E-state index contributed by atoms with van der Waals surface area (Å²) in [6, 6.07) is 8.17. The molecule has 0 amide bonds. The van der Waals surface area contributed by atoms with Crippen LogP contribution in [0.2, 0.25) is 0 Å². The number of benzene rings is 1. The number of fused-ring (bicyclic) bond motifs is 3. The van der Waals surface area contributed by atoms with Crippen LogP contribution in [0.5, 0.6) is 0 Å². The molecule has 5 nitrogen and oxygen atoms in total. The molecule has 4 rings (SSSR count). The summed E-state index contributed by atoms with van der Waals surface area (Å²) in [5.74, 6) is -7.15. The van der Waals surface area contributed by atoms with E-state index in [1.54, 1.807) is 0 Å². The number of carbonyl (C=O) groups is 2. The molecule has 9 heteroatoms. The number of aliphatic hydroxyl groups is 2. The Hall–Kier alpha value is -2.49. The largest absolute Gasteiger partial charge is 0.454 e. The van der Waals surface area contributed by atoms with Gasteiger partial charge in [-0.2, -0.15) is 13.2 Å². The molecule has 134 valence electrons. The van der Waals surface area contributed by atoms with Crippen molar-refractivity contribution in [1.82, 2.24) is 0 Å². The minimum Gasteiger partial charge on any atom is -0.452 e. The van der Waals surface area contributed by atoms with Crippen LogP contribution in [0.25, 0.3) is 5.76 Å². The monoisotopic (exact) mass is 382 g/mol. The molecule has 0 radical (unpaired) electrons. The highest BCUT2D eigenvalue weighted by Crippen LogP contribution is 2.58. The van der Waals surface area contributed by atoms with E-state index in [2.05, 4.69) is 0 Å². The van der Waals surface area contributed by atoms with Gasteiger partial charge in [0.05, 0.1) is 10.5 Å². The highest BCUT2D eigenvalue weighted by Gasteiger charge is 2.74. The van der Waals surface area contributed by atoms with Gasteiger partial charge in [-0.05, 0) is 11.4 Å². The minimum absolute atomic E-state index is 0.0686. The quantitative estimate of drug-likeness (QED) is 0.833. The van der Waals surface area contributed by atoms with Crippen LogP contribution in [0.3, 0.4) is 0 Å². The van der Waals surface area contributed by atoms with Gasteiger partial charge in [-0.1, -0.05) is 30.3 Å². The van der Waals surface area contributed by atoms with Gasteiger partial charge in [0.15, 0.2) is 5.76 Å². The number of halogens is 3. The predicted molar refractivity (Wildman–Crippen MR) is 83.0 cm³/mol. The molecule has 2 unspecified atom stereocenters. The topological polar surface area (TPSA) is 83.8 Å². The van der Waals surface area contributed by atoms with Gasteiger partial charge in [-0.25, -0.2) is 0 Å². The Bertz CT molecular complexity index is 979. The molecule has 26 heavy (non-hydrogen) atoms. The zero-order valence-electron chi connectivity index (χ0n) is 12.7. The number of rotatable bonds is 2. The summed E-state index contributed by atoms with van der Waals surface area (Å²) in [5, 5.41) is 23.4. The lowest BCUT2D eigenvalue weighted by Gasteiger charge is -2.30. The van der Waals surface area contributed by atoms with Crippen molar-refractivity contribution in [3.8, 4) is 0 Å². The lowest BCUT2D eigenvalue weighted by molar-refractivity contribution is -0.226. The number of ether oxygens (including phenoxy) is 1. The van der Waals surface area contributed by atoms with Gasteiger partial charge in [0, 0.05) is 11.1 Å². The van der Waals surface area contributed by atoms with Crippen molar-refractivity contribution in [2.24, 2.45) is 0 Å². The van der Waals surface area contributed by atoms with Crippen molar-refractivity contribution in [3.05, 3.63) is 63.4 Å². The van der Waals surface area contributed by atoms with Crippen LogP contribution in [-0.2, 0) is 15.3 Å². The zero-order chi connectivity index (χ0) is 18.9. The molecule has 2 heterocycles. The molecule has 2 aliphatic rings. The molecule has 2 aromatic rings. The van der Waals surface area contributed by atoms with Crippen molar-refractivity contribution in [2.75, 3.05) is 0 Å². The van der Waals surface area contributed by atoms with E-state index in [-0.39, 0.29) is 16.0 Å². The van der Waals surface area contributed by atoms with Gasteiger partial charge in [0.25, 0.3) is 11.6 Å². The normalized spacial score (nSPS) is 27.3. The van der Waals surface area contributed by atoms with E-state index >= 15 is 0 Å². The molecule has 0 spiro atoms. The van der Waals surface area contributed by atoms with E-state index in [1.807, 2.05) is 0 Å². The van der Waals surface area contributed by atoms with Crippen molar-refractivity contribution < 1.29 is 37.7 Å². The fourth-order valence-corrected chi connectivity index (χ4v) is 4.00. The van der Waals surface area contributed by atoms with Crippen LogP contribution in [0.1, 0.15) is 20.8 Å². The summed E-state index contributed by atoms with van der Waals surface area (Å²) in [7, 11) is 0. The fraction of sp³-hybridized carbons (Fsp3) is 0.176. The molecular weight excluding hydrogens is 373 g/mol. The first-order chi connectivity index (χ1) is 12.1. The van der Waals surface area contributed by atoms with Gasteiger partial charge in [-0.3, -0.25) is 9.59 Å². The second-order valence-corrected chi connectivity index (χ2v) is 6.79. The van der Waals surface area contributed by atoms with Gasteiger partial charge >= 0.3 is 6.18 Å². The molecule has 2 atom stereocenters. The third-order valence-corrected chi connectivity index (χ3v) is 5.29. The van der Waals surface area contributed by atoms with Gasteiger partial charge in [-0.15, -0.1) is 11.3 Å². The van der Waals surface area contributed by atoms with Gasteiger partial charge in [0.2, 0.25) is 11.4 Å². The van der Waals surface area contributed by atoms with Crippen LogP contribution >= 0.6 is 11.3 Å². The number of Topliss-reactive ketones (excluding diaryl/α,β-unsaturated/α-hetero) is 2. The first-order valence-corrected chi connectivity index (χ1v) is 8.18. The summed E-state index contributed by atoms with van der Waals surface area (Å²) in [6.07, 6.45) is -5.38. The maximum atomic E-state index is 13.2. The van der Waals surface area contributed by atoms with Crippen molar-refractivity contribution >= 4 is 28.7 Å². The molecule has 0 saturated heterocycles. The maximum absolute atomic E-state index is 13.2. The van der Waals surface area contributed by atoms with Crippen molar-refractivity contribution in [3.63, 3.8) is 0 Å². The number of thiophene rings is 1. The Morgan fingerprint density at radius 3 is 2.42 bits per heavy atom. The van der Waals surface area contributed by atoms with Crippen LogP contribution < -0.4 is 0 Å². The second-order valence-electron chi connectivity index (χ2n) is 5.84. The smallest absolute Gasteiger partial charge is 0.452 e. The van der Waals surface area contributed by atoms with E-state index in [0.717, 1.165) is 11.3 Å². The highest BCUT2D eigenvalue weighted by molar-refractivity contribution is 7.11. The molecule has 1 aliphatic carbocycles. The average molecular weight is 382 g/mol. The Morgan fingerprint density at radius 1 is 1.12 bits per heavy atom. The van der Waals surface area contributed by atoms with Crippen molar-refractivity contribution in [2.45, 2.75) is 17.6 Å². The van der Waals surface area contributed by atoms with E-state index in [4.69, 9.17) is 4.74 Å². The molecule has 1 aliphatic heterocycles. The van der Waals surface area contributed by atoms with Crippen LogP contribution in [0.15, 0.2) is 47.4 Å². The number of carbonyl (C=O) groups excluding carboxylic acids is 2. The lowest BCUT2D eigenvalue weighted by Crippen LogP contribution is -2.53. The Morgan fingerprint density at radius 2 is 1.81 bits per heavy atom. The summed E-state index contributed by atoms with van der Waals surface area (Å²) in [5.41, 5.74) is -4.92. The number of alkyl halides is 3. The SMILES string of the molecule is O=C(C1=C(c2cccs2)OC2(O)c3ccccc3C(=O)C12O)C(F)(F)F. The predicted octanol–water partition coefficient (Wildman–Crippen LogP) is 2.39. The Labute approximate surface area is 148 Å². The summed E-state index contributed by atoms with van der Waals surface area (Å²) in [4.78, 5) is 24.9. The van der Waals surface area contributed by atoms with E-state index in [9.17, 15) is 33.0 Å². The minimum atomic E-state index is -5.38. The van der Waals surface area contributed by atoms with Crippen LogP contribution in [-0.4, -0.2) is 33.6 Å². The standard InChI is InChI=1S/C17H9F3O5S/c18-17(19,20)14(22)11-12(10-6-3-7-26-10)25-16(24)9-5-2-1-4-8(9)13(21)15(11,16)23/h1-7,23-24H. The lowest BCUT2D eigenvalue weighted by atomic mass is 9.83. The first-order valence-electron chi connectivity index (χ1n) is 7.30. The molecule has 1 aromatic carbocycles. The molecule has 0 saturated carbocycles. The van der Waals surface area contributed by atoms with E-state index in [1.165, 1.54) is 41.8 Å². The van der Waals surface area contributed by atoms with E-state index < -0.39 is 40.5 Å². The average Bonchev–Trinajstić information content (AvgIpc) is 3.23. The molecular formula is C17H9F3O5S. The summed E-state index contributed by atoms with van der Waals surface area (Å²) < 4.78 is 44.9. The third-order valence-electron chi connectivity index (χ3n) is 4.42. The first kappa shape index (κ1) is 17.0. The van der Waals surface area contributed by atoms with Gasteiger partial charge < -0.3 is 14.9 Å². The summed E-state index contributed by atoms with van der Waals surface area (Å²) in [6.45, 7) is 0. The fourth-order valence-electron chi connectivity index (χ4n) is 3.29. The maximum Gasteiger partial charge on any atom is 0.454 e. The molecule has 2 N–H and O–H groups in total. The number of ketones is 2. The van der Waals surface area contributed by atoms with Crippen LogP contribution in [0, 0.1) is 0 Å². The number of hydrogen-bond donors (Lipinski definition) is 2. The van der Waals surface area contributed by atoms with Crippen LogP contribution in [0.4, 0.5) is 13.2 Å². The van der Waals surface area contributed by atoms with Gasteiger partial charge in [0.1, 0.15) is 0 Å². The zero-order valence-corrected chi connectivity index (χ0v) is 13.5. The summed E-state index contributed by atoms with van der Waals surface area (Å²) >= 11 is 0.935. The van der Waals surface area contributed by atoms with E-state index in [0.29, 0.717) is 0 Å². The second kappa shape index (κ2) is 5.03. The Kier molecular flexibility index (Phi) is 3.28. The Balaban J connectivity index is 2.03. The number of hydrogen-bond acceptors (Lipinski definition) is 6. The third kappa shape index (κ3) is 1.87. The highest BCUT2D eigenvalue weighted by atomic mass is 32.1. The molecule has 1 aromatic heterocycles.